The summed E-state index contributed by atoms with van der Waals surface area (Å²) in [5.41, 5.74) is 2.46. The van der Waals surface area contributed by atoms with E-state index in [1.165, 1.54) is 4.90 Å². The molecule has 0 bridgehead atoms. The maximum Gasteiger partial charge on any atom is 0.244 e. The maximum absolute atomic E-state index is 13.6. The largest absolute Gasteiger partial charge is 0.354 e. The van der Waals surface area contributed by atoms with E-state index in [-0.39, 0.29) is 12.5 Å². The van der Waals surface area contributed by atoms with Gasteiger partial charge in [-0.15, -0.1) is 0 Å². The number of carbonyl (C=O) groups excluding carboxylic acids is 2. The fourth-order valence-corrected chi connectivity index (χ4v) is 4.97. The van der Waals surface area contributed by atoms with Crippen molar-refractivity contribution in [2.45, 2.75) is 53.1 Å². The first kappa shape index (κ1) is 28.9. The quantitative estimate of drug-likeness (QED) is 0.417. The van der Waals surface area contributed by atoms with Gasteiger partial charge in [0.1, 0.15) is 12.6 Å². The molecular formula is C25H33Cl2N3O4S. The third kappa shape index (κ3) is 7.85. The first-order chi connectivity index (χ1) is 16.4. The zero-order valence-electron chi connectivity index (χ0n) is 20.8. The van der Waals surface area contributed by atoms with Crippen molar-refractivity contribution < 1.29 is 18.0 Å². The van der Waals surface area contributed by atoms with Crippen LogP contribution < -0.4 is 9.62 Å². The number of nitrogens with zero attached hydrogens (tertiary/aromatic N) is 2. The summed E-state index contributed by atoms with van der Waals surface area (Å²) < 4.78 is 26.5. The molecule has 0 fully saturated rings. The molecule has 10 heteroatoms. The van der Waals surface area contributed by atoms with E-state index in [2.05, 4.69) is 5.32 Å². The van der Waals surface area contributed by atoms with Gasteiger partial charge in [0.25, 0.3) is 0 Å². The van der Waals surface area contributed by atoms with Crippen LogP contribution in [0.3, 0.4) is 0 Å². The zero-order valence-corrected chi connectivity index (χ0v) is 23.1. The van der Waals surface area contributed by atoms with E-state index in [9.17, 15) is 18.0 Å². The Kier molecular flexibility index (Phi) is 10.4. The number of halogens is 2. The highest BCUT2D eigenvalue weighted by atomic mass is 35.5. The van der Waals surface area contributed by atoms with Crippen molar-refractivity contribution in [2.24, 2.45) is 0 Å². The number of carbonyl (C=O) groups is 2. The van der Waals surface area contributed by atoms with Crippen molar-refractivity contribution in [2.75, 3.05) is 23.7 Å². The number of rotatable bonds is 11. The second kappa shape index (κ2) is 12.6. The van der Waals surface area contributed by atoms with Crippen molar-refractivity contribution in [3.8, 4) is 0 Å². The van der Waals surface area contributed by atoms with Crippen LogP contribution in [-0.2, 0) is 26.2 Å². The zero-order chi connectivity index (χ0) is 26.3. The van der Waals surface area contributed by atoms with Crippen LogP contribution in [0.5, 0.6) is 0 Å². The van der Waals surface area contributed by atoms with Gasteiger partial charge in [-0.05, 0) is 56.5 Å². The maximum atomic E-state index is 13.6. The SMILES string of the molecule is CCCCNC(=O)[C@@H](C)N(Cc1c(Cl)cccc1Cl)C(=O)CN(c1cc(C)ccc1C)S(C)(=O)=O. The standard InChI is InChI=1S/C25H33Cl2N3O4S/c1-6-7-13-28-25(32)19(4)29(15-20-21(26)9-8-10-22(20)27)24(31)16-30(35(5,33)34)23-14-17(2)11-12-18(23)3/h8-12,14,19H,6-7,13,15-16H2,1-5H3,(H,28,32)/t19-/m1/s1. The summed E-state index contributed by atoms with van der Waals surface area (Å²) in [4.78, 5) is 27.8. The topological polar surface area (TPSA) is 86.8 Å². The lowest BCUT2D eigenvalue weighted by atomic mass is 10.1. The Balaban J connectivity index is 2.45. The fourth-order valence-electron chi connectivity index (χ4n) is 3.56. The van der Waals surface area contributed by atoms with Crippen LogP contribution in [0, 0.1) is 13.8 Å². The van der Waals surface area contributed by atoms with Crippen molar-refractivity contribution >= 4 is 50.7 Å². The molecule has 7 nitrogen and oxygen atoms in total. The second-order valence-electron chi connectivity index (χ2n) is 8.60. The van der Waals surface area contributed by atoms with Crippen molar-refractivity contribution in [1.29, 1.82) is 0 Å². The van der Waals surface area contributed by atoms with Gasteiger partial charge in [-0.25, -0.2) is 8.42 Å². The van der Waals surface area contributed by atoms with E-state index in [0.717, 1.165) is 29.0 Å². The fraction of sp³-hybridized carbons (Fsp3) is 0.440. The molecule has 1 N–H and O–H groups in total. The van der Waals surface area contributed by atoms with Gasteiger partial charge in [-0.1, -0.05) is 54.7 Å². The molecule has 35 heavy (non-hydrogen) atoms. The minimum absolute atomic E-state index is 0.0515. The summed E-state index contributed by atoms with van der Waals surface area (Å²) in [5.74, 6) is -0.891. The Hall–Kier alpha value is -2.29. The number of amides is 2. The lowest BCUT2D eigenvalue weighted by Crippen LogP contribution is -2.51. The van der Waals surface area contributed by atoms with E-state index in [1.807, 2.05) is 19.9 Å². The Bertz CT molecular complexity index is 1150. The molecule has 0 unspecified atom stereocenters. The van der Waals surface area contributed by atoms with Crippen molar-refractivity contribution in [3.05, 3.63) is 63.1 Å². The number of benzene rings is 2. The Morgan fingerprint density at radius 2 is 1.71 bits per heavy atom. The Morgan fingerprint density at radius 1 is 1.09 bits per heavy atom. The number of aryl methyl sites for hydroxylation is 2. The van der Waals surface area contributed by atoms with Crippen LogP contribution in [0.25, 0.3) is 0 Å². The molecule has 0 radical (unpaired) electrons. The number of unbranched alkanes of at least 4 members (excludes halogenated alkanes) is 1. The molecular weight excluding hydrogens is 509 g/mol. The van der Waals surface area contributed by atoms with Gasteiger partial charge in [0, 0.05) is 28.7 Å². The smallest absolute Gasteiger partial charge is 0.244 e. The third-order valence-corrected chi connectivity index (χ3v) is 7.53. The molecule has 2 amide bonds. The van der Waals surface area contributed by atoms with E-state index in [4.69, 9.17) is 23.2 Å². The van der Waals surface area contributed by atoms with Gasteiger partial charge in [0.15, 0.2) is 0 Å². The number of hydrogen-bond acceptors (Lipinski definition) is 4. The highest BCUT2D eigenvalue weighted by molar-refractivity contribution is 7.92. The molecule has 2 aromatic rings. The molecule has 1 atom stereocenters. The molecule has 2 rings (SSSR count). The summed E-state index contributed by atoms with van der Waals surface area (Å²) in [6, 6.07) is 9.50. The molecule has 2 aromatic carbocycles. The van der Waals surface area contributed by atoms with Gasteiger partial charge < -0.3 is 10.2 Å². The van der Waals surface area contributed by atoms with Crippen LogP contribution >= 0.6 is 23.2 Å². The van der Waals surface area contributed by atoms with E-state index < -0.39 is 28.5 Å². The van der Waals surface area contributed by atoms with Crippen LogP contribution in [0.2, 0.25) is 10.0 Å². The summed E-state index contributed by atoms with van der Waals surface area (Å²) in [6.07, 6.45) is 2.77. The average Bonchev–Trinajstić information content (AvgIpc) is 2.78. The summed E-state index contributed by atoms with van der Waals surface area (Å²) in [5, 5.41) is 3.54. The molecule has 0 saturated carbocycles. The lowest BCUT2D eigenvalue weighted by molar-refractivity contribution is -0.139. The van der Waals surface area contributed by atoms with Crippen LogP contribution in [0.15, 0.2) is 36.4 Å². The average molecular weight is 543 g/mol. The molecule has 0 aliphatic carbocycles. The Morgan fingerprint density at radius 3 is 2.29 bits per heavy atom. The predicted molar refractivity (Wildman–Crippen MR) is 142 cm³/mol. The number of anilines is 1. The minimum Gasteiger partial charge on any atom is -0.354 e. The van der Waals surface area contributed by atoms with E-state index in [1.54, 1.807) is 44.2 Å². The predicted octanol–water partition coefficient (Wildman–Crippen LogP) is 4.71. The molecule has 0 saturated heterocycles. The van der Waals surface area contributed by atoms with E-state index in [0.29, 0.717) is 33.4 Å². The third-order valence-electron chi connectivity index (χ3n) is 5.70. The molecule has 0 aliphatic rings. The van der Waals surface area contributed by atoms with Gasteiger partial charge in [0.05, 0.1) is 11.9 Å². The van der Waals surface area contributed by atoms with Crippen LogP contribution in [0.1, 0.15) is 43.4 Å². The molecule has 0 aliphatic heterocycles. The lowest BCUT2D eigenvalue weighted by Gasteiger charge is -2.32. The van der Waals surface area contributed by atoms with E-state index >= 15 is 0 Å². The molecule has 0 aromatic heterocycles. The van der Waals surface area contributed by atoms with Crippen LogP contribution in [0.4, 0.5) is 5.69 Å². The minimum atomic E-state index is -3.81. The highest BCUT2D eigenvalue weighted by Gasteiger charge is 2.31. The summed E-state index contributed by atoms with van der Waals surface area (Å²) >= 11 is 12.7. The summed E-state index contributed by atoms with van der Waals surface area (Å²) in [7, 11) is -3.81. The first-order valence-electron chi connectivity index (χ1n) is 11.4. The van der Waals surface area contributed by atoms with Crippen molar-refractivity contribution in [1.82, 2.24) is 10.2 Å². The second-order valence-corrected chi connectivity index (χ2v) is 11.3. The van der Waals surface area contributed by atoms with Gasteiger partial charge in [-0.2, -0.15) is 0 Å². The highest BCUT2D eigenvalue weighted by Crippen LogP contribution is 2.28. The normalized spacial score (nSPS) is 12.2. The monoisotopic (exact) mass is 541 g/mol. The molecule has 0 heterocycles. The van der Waals surface area contributed by atoms with Crippen molar-refractivity contribution in [3.63, 3.8) is 0 Å². The van der Waals surface area contributed by atoms with Gasteiger partial charge >= 0.3 is 0 Å². The molecule has 192 valence electrons. The number of sulfonamides is 1. The summed E-state index contributed by atoms with van der Waals surface area (Å²) in [6.45, 7) is 7.20. The molecule has 0 spiro atoms. The number of hydrogen-bond donors (Lipinski definition) is 1. The Labute approximate surface area is 218 Å². The van der Waals surface area contributed by atoms with Gasteiger partial charge in [-0.3, -0.25) is 13.9 Å². The number of nitrogens with one attached hydrogen (secondary N) is 1. The van der Waals surface area contributed by atoms with Gasteiger partial charge in [0.2, 0.25) is 21.8 Å². The van der Waals surface area contributed by atoms with Crippen LogP contribution in [-0.4, -0.2) is 50.5 Å². The first-order valence-corrected chi connectivity index (χ1v) is 14.0.